The van der Waals surface area contributed by atoms with Gasteiger partial charge in [0.2, 0.25) is 0 Å². The van der Waals surface area contributed by atoms with Gasteiger partial charge in [0.15, 0.2) is 0 Å². The third-order valence-corrected chi connectivity index (χ3v) is 3.54. The molecule has 0 unspecified atom stereocenters. The van der Waals surface area contributed by atoms with Gasteiger partial charge in [0.1, 0.15) is 5.69 Å². The molecular weight excluding hydrogens is 266 g/mol. The lowest BCUT2D eigenvalue weighted by molar-refractivity contribution is 0.247. The van der Waals surface area contributed by atoms with E-state index in [4.69, 9.17) is 5.73 Å². The molecule has 0 saturated carbocycles. The van der Waals surface area contributed by atoms with Gasteiger partial charge < -0.3 is 10.7 Å². The monoisotopic (exact) mass is 277 g/mol. The molecule has 2 heterocycles. The van der Waals surface area contributed by atoms with Gasteiger partial charge in [0, 0.05) is 21.9 Å². The third-order valence-electron chi connectivity index (χ3n) is 3.54. The predicted molar refractivity (Wildman–Crippen MR) is 79.8 cm³/mol. The van der Waals surface area contributed by atoms with Crippen molar-refractivity contribution in [2.75, 3.05) is 0 Å². The van der Waals surface area contributed by atoms with E-state index in [0.717, 1.165) is 32.1 Å². The highest BCUT2D eigenvalue weighted by Gasteiger charge is 2.12. The number of benzene rings is 2. The predicted octanol–water partition coefficient (Wildman–Crippen LogP) is 2.51. The number of carbonyl (C=O) groups excluding carboxylic acids is 1. The van der Waals surface area contributed by atoms with E-state index in [-0.39, 0.29) is 0 Å². The summed E-state index contributed by atoms with van der Waals surface area (Å²) in [5, 5.41) is 10.0. The van der Waals surface area contributed by atoms with Crippen LogP contribution in [0.4, 0.5) is 4.79 Å². The summed E-state index contributed by atoms with van der Waals surface area (Å²) in [6.07, 6.45) is 1.53. The quantitative estimate of drug-likeness (QED) is 0.560. The number of primary amides is 1. The van der Waals surface area contributed by atoms with Gasteiger partial charge in [0.25, 0.3) is 0 Å². The minimum Gasteiger partial charge on any atom is -0.354 e. The minimum absolute atomic E-state index is 0.603. The summed E-state index contributed by atoms with van der Waals surface area (Å²) < 4.78 is 1.02. The van der Waals surface area contributed by atoms with Gasteiger partial charge in [-0.3, -0.25) is 0 Å². The van der Waals surface area contributed by atoms with Crippen LogP contribution in [-0.4, -0.2) is 26.0 Å². The Hall–Kier alpha value is -3.15. The maximum absolute atomic E-state index is 11.1. The first-order chi connectivity index (χ1) is 10.2. The summed E-state index contributed by atoms with van der Waals surface area (Å²) in [4.78, 5) is 14.5. The minimum atomic E-state index is -0.655. The second-order valence-corrected chi connectivity index (χ2v) is 4.79. The number of aromatic amines is 1. The maximum Gasteiger partial charge on any atom is 0.340 e. The molecule has 0 radical (unpaired) electrons. The lowest BCUT2D eigenvalue weighted by Crippen LogP contribution is -2.19. The third kappa shape index (κ3) is 1.69. The van der Waals surface area contributed by atoms with Gasteiger partial charge in [-0.25, -0.2) is 4.79 Å². The van der Waals surface area contributed by atoms with Crippen molar-refractivity contribution in [3.05, 3.63) is 48.7 Å². The fourth-order valence-corrected chi connectivity index (χ4v) is 2.58. The van der Waals surface area contributed by atoms with E-state index in [1.165, 1.54) is 6.20 Å². The number of rotatable bonds is 1. The Morgan fingerprint density at radius 2 is 1.90 bits per heavy atom. The topological polar surface area (TPSA) is 89.6 Å². The fourth-order valence-electron chi connectivity index (χ4n) is 2.58. The van der Waals surface area contributed by atoms with Crippen LogP contribution in [0.1, 0.15) is 0 Å². The molecule has 6 nitrogen and oxygen atoms in total. The van der Waals surface area contributed by atoms with Gasteiger partial charge in [-0.05, 0) is 6.07 Å². The molecule has 3 N–H and O–H groups in total. The number of carbonyl (C=O) groups is 1. The standard InChI is InChI=1S/C15H11N5O/c16-15(21)20-8-13(18-19-20)11-6-3-5-10-9-4-1-2-7-12(9)17-14(10)11/h1-8,17H,(H2,16,21). The van der Waals surface area contributed by atoms with Crippen LogP contribution in [0.25, 0.3) is 33.1 Å². The van der Waals surface area contributed by atoms with E-state index in [0.29, 0.717) is 5.69 Å². The van der Waals surface area contributed by atoms with Crippen molar-refractivity contribution >= 4 is 27.8 Å². The Labute approximate surface area is 119 Å². The number of hydrogen-bond donors (Lipinski definition) is 2. The average Bonchev–Trinajstić information content (AvgIpc) is 3.11. The van der Waals surface area contributed by atoms with Crippen LogP contribution in [-0.2, 0) is 0 Å². The first-order valence-electron chi connectivity index (χ1n) is 6.46. The molecule has 102 valence electrons. The van der Waals surface area contributed by atoms with Crippen LogP contribution in [0, 0.1) is 0 Å². The van der Waals surface area contributed by atoms with Gasteiger partial charge >= 0.3 is 6.03 Å². The highest BCUT2D eigenvalue weighted by atomic mass is 16.2. The first kappa shape index (κ1) is 11.7. The number of H-pyrrole nitrogens is 1. The smallest absolute Gasteiger partial charge is 0.340 e. The summed E-state index contributed by atoms with van der Waals surface area (Å²) in [7, 11) is 0. The lowest BCUT2D eigenvalue weighted by Gasteiger charge is -1.98. The Morgan fingerprint density at radius 3 is 2.71 bits per heavy atom. The molecule has 0 spiro atoms. The fraction of sp³-hybridized carbons (Fsp3) is 0. The number of aromatic nitrogens is 4. The number of nitrogens with two attached hydrogens (primary N) is 1. The molecule has 4 rings (SSSR count). The van der Waals surface area contributed by atoms with Crippen molar-refractivity contribution in [3.63, 3.8) is 0 Å². The summed E-state index contributed by atoms with van der Waals surface area (Å²) in [6, 6.07) is 13.4. The normalized spacial score (nSPS) is 11.2. The number of para-hydroxylation sites is 2. The van der Waals surface area contributed by atoms with Crippen LogP contribution in [0.5, 0.6) is 0 Å². The molecule has 0 aliphatic heterocycles. The maximum atomic E-state index is 11.1. The van der Waals surface area contributed by atoms with E-state index in [9.17, 15) is 4.79 Å². The van der Waals surface area contributed by atoms with Crippen molar-refractivity contribution in [2.45, 2.75) is 0 Å². The molecule has 0 aliphatic rings. The number of nitrogens with zero attached hydrogens (tertiary/aromatic N) is 3. The molecular formula is C15H11N5O. The van der Waals surface area contributed by atoms with Crippen LogP contribution in [0.15, 0.2) is 48.7 Å². The van der Waals surface area contributed by atoms with Crippen molar-refractivity contribution in [1.82, 2.24) is 20.0 Å². The molecule has 0 saturated heterocycles. The Bertz CT molecular complexity index is 982. The number of amides is 1. The second kappa shape index (κ2) is 4.17. The Kier molecular flexibility index (Phi) is 2.32. The number of nitrogens with one attached hydrogen (secondary N) is 1. The molecule has 4 aromatic rings. The van der Waals surface area contributed by atoms with Crippen LogP contribution < -0.4 is 5.73 Å². The molecule has 0 atom stereocenters. The van der Waals surface area contributed by atoms with Gasteiger partial charge in [-0.1, -0.05) is 41.6 Å². The average molecular weight is 277 g/mol. The van der Waals surface area contributed by atoms with E-state index >= 15 is 0 Å². The molecule has 2 aromatic carbocycles. The number of hydrogen-bond acceptors (Lipinski definition) is 3. The van der Waals surface area contributed by atoms with Crippen LogP contribution >= 0.6 is 0 Å². The number of fused-ring (bicyclic) bond motifs is 3. The lowest BCUT2D eigenvalue weighted by atomic mass is 10.1. The van der Waals surface area contributed by atoms with Crippen LogP contribution in [0.2, 0.25) is 0 Å². The van der Waals surface area contributed by atoms with E-state index < -0.39 is 6.03 Å². The molecule has 1 amide bonds. The van der Waals surface area contributed by atoms with Crippen molar-refractivity contribution in [3.8, 4) is 11.3 Å². The van der Waals surface area contributed by atoms with Gasteiger partial charge in [-0.2, -0.15) is 4.68 Å². The Balaban J connectivity index is 2.01. The zero-order valence-electron chi connectivity index (χ0n) is 10.9. The highest BCUT2D eigenvalue weighted by molar-refractivity contribution is 6.11. The zero-order chi connectivity index (χ0) is 14.4. The van der Waals surface area contributed by atoms with Crippen molar-refractivity contribution < 1.29 is 4.79 Å². The SMILES string of the molecule is NC(=O)n1cc(-c2cccc3c2[nH]c2ccccc23)nn1. The van der Waals surface area contributed by atoms with Gasteiger partial charge in [-0.15, -0.1) is 5.10 Å². The van der Waals surface area contributed by atoms with E-state index in [1.54, 1.807) is 0 Å². The summed E-state index contributed by atoms with van der Waals surface area (Å²) in [5.41, 5.74) is 8.71. The first-order valence-corrected chi connectivity index (χ1v) is 6.46. The second-order valence-electron chi connectivity index (χ2n) is 4.79. The van der Waals surface area contributed by atoms with E-state index in [1.807, 2.05) is 30.3 Å². The largest absolute Gasteiger partial charge is 0.354 e. The summed E-state index contributed by atoms with van der Waals surface area (Å²) in [5.74, 6) is 0. The molecule has 21 heavy (non-hydrogen) atoms. The molecule has 6 heteroatoms. The molecule has 2 aromatic heterocycles. The highest BCUT2D eigenvalue weighted by Crippen LogP contribution is 2.31. The molecule has 0 bridgehead atoms. The van der Waals surface area contributed by atoms with Gasteiger partial charge in [0.05, 0.1) is 11.7 Å². The van der Waals surface area contributed by atoms with Crippen molar-refractivity contribution in [2.24, 2.45) is 5.73 Å². The summed E-state index contributed by atoms with van der Waals surface area (Å²) in [6.45, 7) is 0. The zero-order valence-corrected chi connectivity index (χ0v) is 10.9. The Morgan fingerprint density at radius 1 is 1.10 bits per heavy atom. The van der Waals surface area contributed by atoms with E-state index in [2.05, 4.69) is 27.4 Å². The molecule has 0 fully saturated rings. The summed E-state index contributed by atoms with van der Waals surface area (Å²) >= 11 is 0. The molecule has 0 aliphatic carbocycles. The van der Waals surface area contributed by atoms with Crippen LogP contribution in [0.3, 0.4) is 0 Å². The van der Waals surface area contributed by atoms with Crippen molar-refractivity contribution in [1.29, 1.82) is 0 Å².